The van der Waals surface area contributed by atoms with Crippen molar-refractivity contribution in [3.05, 3.63) is 52.0 Å². The molecule has 0 N–H and O–H groups in total. The van der Waals surface area contributed by atoms with Crippen molar-refractivity contribution in [3.63, 3.8) is 0 Å². The van der Waals surface area contributed by atoms with Crippen molar-refractivity contribution in [3.8, 4) is 0 Å². The van der Waals surface area contributed by atoms with Gasteiger partial charge >= 0.3 is 0 Å². The minimum atomic E-state index is -0.356. The van der Waals surface area contributed by atoms with Gasteiger partial charge in [0.05, 0.1) is 17.2 Å². The van der Waals surface area contributed by atoms with E-state index in [2.05, 4.69) is 21.0 Å². The van der Waals surface area contributed by atoms with Gasteiger partial charge in [0.15, 0.2) is 5.78 Å². The first-order valence-electron chi connectivity index (χ1n) is 7.93. The molecule has 1 aliphatic rings. The molecule has 3 rings (SSSR count). The Hall–Kier alpha value is -2.06. The summed E-state index contributed by atoms with van der Waals surface area (Å²) in [6.45, 7) is 2.60. The third-order valence-corrected chi connectivity index (χ3v) is 4.87. The lowest BCUT2D eigenvalue weighted by Crippen LogP contribution is -2.50. The van der Waals surface area contributed by atoms with Crippen molar-refractivity contribution in [2.24, 2.45) is 7.05 Å². The van der Waals surface area contributed by atoms with Gasteiger partial charge in [-0.2, -0.15) is 5.10 Å². The van der Waals surface area contributed by atoms with Gasteiger partial charge in [-0.3, -0.25) is 19.2 Å². The number of hydrogen-bond donors (Lipinski definition) is 0. The van der Waals surface area contributed by atoms with Crippen LogP contribution < -0.4 is 0 Å². The Morgan fingerprint density at radius 1 is 1.16 bits per heavy atom. The first-order chi connectivity index (χ1) is 12.0. The monoisotopic (exact) mass is 408 g/mol. The van der Waals surface area contributed by atoms with Crippen molar-refractivity contribution in [2.75, 3.05) is 32.7 Å². The Bertz CT molecular complexity index is 763. The highest BCUT2D eigenvalue weighted by Gasteiger charge is 2.26. The van der Waals surface area contributed by atoms with Gasteiger partial charge in [0.25, 0.3) is 5.91 Å². The summed E-state index contributed by atoms with van der Waals surface area (Å²) < 4.78 is 15.2. The molecule has 25 heavy (non-hydrogen) atoms. The third kappa shape index (κ3) is 3.96. The standard InChI is InChI=1S/C17H18BrFN4O2/c1-21-16(14(18)10-20-21)17(25)23-8-6-22(7-9-23)11-15(24)12-2-4-13(19)5-3-12/h2-5,10H,6-9,11H2,1H3. The molecule has 0 unspecified atom stereocenters. The van der Waals surface area contributed by atoms with Crippen LogP contribution in [0.2, 0.25) is 0 Å². The average molecular weight is 409 g/mol. The number of halogens is 2. The molecule has 0 radical (unpaired) electrons. The molecule has 1 saturated heterocycles. The predicted octanol–water partition coefficient (Wildman–Crippen LogP) is 1.96. The number of benzene rings is 1. The first kappa shape index (κ1) is 17.8. The second-order valence-electron chi connectivity index (χ2n) is 5.96. The van der Waals surface area contributed by atoms with Gasteiger partial charge in [0, 0.05) is 38.8 Å². The van der Waals surface area contributed by atoms with Crippen LogP contribution in [0, 0.1) is 5.82 Å². The van der Waals surface area contributed by atoms with Crippen LogP contribution in [-0.4, -0.2) is 64.0 Å². The number of amides is 1. The zero-order valence-corrected chi connectivity index (χ0v) is 15.4. The van der Waals surface area contributed by atoms with Crippen molar-refractivity contribution in [2.45, 2.75) is 0 Å². The number of hydrogen-bond acceptors (Lipinski definition) is 4. The second-order valence-corrected chi connectivity index (χ2v) is 6.82. The molecule has 1 amide bonds. The zero-order valence-electron chi connectivity index (χ0n) is 13.8. The van der Waals surface area contributed by atoms with Gasteiger partial charge in [-0.1, -0.05) is 0 Å². The van der Waals surface area contributed by atoms with E-state index in [4.69, 9.17) is 0 Å². The Labute approximate surface area is 153 Å². The number of aromatic nitrogens is 2. The fourth-order valence-corrected chi connectivity index (χ4v) is 3.36. The highest BCUT2D eigenvalue weighted by molar-refractivity contribution is 9.10. The van der Waals surface area contributed by atoms with E-state index >= 15 is 0 Å². The van der Waals surface area contributed by atoms with E-state index in [1.54, 1.807) is 22.8 Å². The molecule has 0 saturated carbocycles. The summed E-state index contributed by atoms with van der Waals surface area (Å²) in [5, 5.41) is 4.07. The van der Waals surface area contributed by atoms with Gasteiger partial charge in [-0.15, -0.1) is 0 Å². The number of rotatable bonds is 4. The summed E-state index contributed by atoms with van der Waals surface area (Å²) in [6, 6.07) is 5.57. The van der Waals surface area contributed by atoms with E-state index in [-0.39, 0.29) is 24.1 Å². The SMILES string of the molecule is Cn1ncc(Br)c1C(=O)N1CCN(CC(=O)c2ccc(F)cc2)CC1. The van der Waals surface area contributed by atoms with Crippen LogP contribution in [0.15, 0.2) is 34.9 Å². The van der Waals surface area contributed by atoms with Gasteiger partial charge in [0.2, 0.25) is 0 Å². The summed E-state index contributed by atoms with van der Waals surface area (Å²) in [6.07, 6.45) is 1.60. The molecule has 0 aliphatic carbocycles. The average Bonchev–Trinajstić information content (AvgIpc) is 2.94. The molecular weight excluding hydrogens is 391 g/mol. The summed E-state index contributed by atoms with van der Waals surface area (Å²) in [5.41, 5.74) is 1.02. The van der Waals surface area contributed by atoms with Gasteiger partial charge in [0.1, 0.15) is 11.5 Å². The first-order valence-corrected chi connectivity index (χ1v) is 8.73. The van der Waals surface area contributed by atoms with Gasteiger partial charge in [-0.05, 0) is 40.2 Å². The van der Waals surface area contributed by atoms with E-state index < -0.39 is 0 Å². The van der Waals surface area contributed by atoms with Gasteiger partial charge < -0.3 is 4.90 Å². The largest absolute Gasteiger partial charge is 0.335 e. The van der Waals surface area contributed by atoms with Crippen molar-refractivity contribution in [1.29, 1.82) is 0 Å². The molecule has 0 bridgehead atoms. The summed E-state index contributed by atoms with van der Waals surface area (Å²) in [7, 11) is 1.73. The minimum absolute atomic E-state index is 0.0471. The topological polar surface area (TPSA) is 58.4 Å². The molecule has 132 valence electrons. The van der Waals surface area contributed by atoms with Crippen LogP contribution in [0.5, 0.6) is 0 Å². The van der Waals surface area contributed by atoms with Crippen LogP contribution in [-0.2, 0) is 7.05 Å². The number of Topliss-reactive ketones (excluding diaryl/α,β-unsaturated/α-hetero) is 1. The number of carbonyl (C=O) groups excluding carboxylic acids is 2. The Kier molecular flexibility index (Phi) is 5.29. The summed E-state index contributed by atoms with van der Waals surface area (Å²) in [5.74, 6) is -0.476. The maximum absolute atomic E-state index is 12.9. The fourth-order valence-electron chi connectivity index (χ4n) is 2.84. The third-order valence-electron chi connectivity index (χ3n) is 4.29. The van der Waals surface area contributed by atoms with Crippen molar-refractivity contribution in [1.82, 2.24) is 19.6 Å². The van der Waals surface area contributed by atoms with Crippen molar-refractivity contribution < 1.29 is 14.0 Å². The normalized spacial score (nSPS) is 15.4. The van der Waals surface area contributed by atoms with E-state index in [1.807, 2.05) is 4.90 Å². The molecule has 1 aromatic carbocycles. The van der Waals surface area contributed by atoms with Crippen LogP contribution >= 0.6 is 15.9 Å². The quantitative estimate of drug-likeness (QED) is 0.725. The smallest absolute Gasteiger partial charge is 0.273 e. The van der Waals surface area contributed by atoms with Crippen LogP contribution in [0.25, 0.3) is 0 Å². The molecule has 8 heteroatoms. The van der Waals surface area contributed by atoms with E-state index in [0.717, 1.165) is 0 Å². The van der Waals surface area contributed by atoms with Gasteiger partial charge in [-0.25, -0.2) is 4.39 Å². The molecule has 1 fully saturated rings. The lowest BCUT2D eigenvalue weighted by molar-refractivity contribution is 0.0614. The Morgan fingerprint density at radius 2 is 1.80 bits per heavy atom. The summed E-state index contributed by atoms with van der Waals surface area (Å²) in [4.78, 5) is 28.6. The van der Waals surface area contributed by atoms with Crippen LogP contribution in [0.1, 0.15) is 20.8 Å². The highest BCUT2D eigenvalue weighted by atomic mass is 79.9. The number of carbonyl (C=O) groups is 2. The fraction of sp³-hybridized carbons (Fsp3) is 0.353. The lowest BCUT2D eigenvalue weighted by atomic mass is 10.1. The highest BCUT2D eigenvalue weighted by Crippen LogP contribution is 2.18. The molecular formula is C17H18BrFN4O2. The number of ketones is 1. The maximum atomic E-state index is 12.9. The predicted molar refractivity (Wildman–Crippen MR) is 94.0 cm³/mol. The molecule has 0 spiro atoms. The molecule has 1 aromatic heterocycles. The Balaban J connectivity index is 1.56. The minimum Gasteiger partial charge on any atom is -0.335 e. The number of aryl methyl sites for hydroxylation is 1. The van der Waals surface area contributed by atoms with E-state index in [0.29, 0.717) is 41.9 Å². The molecule has 6 nitrogen and oxygen atoms in total. The van der Waals surface area contributed by atoms with E-state index in [1.165, 1.54) is 24.3 Å². The van der Waals surface area contributed by atoms with Crippen LogP contribution in [0.4, 0.5) is 4.39 Å². The van der Waals surface area contributed by atoms with E-state index in [9.17, 15) is 14.0 Å². The second kappa shape index (κ2) is 7.45. The molecule has 1 aliphatic heterocycles. The Morgan fingerprint density at radius 3 is 2.36 bits per heavy atom. The number of nitrogens with zero attached hydrogens (tertiary/aromatic N) is 4. The van der Waals surface area contributed by atoms with Crippen LogP contribution in [0.3, 0.4) is 0 Å². The molecule has 2 aromatic rings. The lowest BCUT2D eigenvalue weighted by Gasteiger charge is -2.34. The van der Waals surface area contributed by atoms with Crippen molar-refractivity contribution >= 4 is 27.6 Å². The molecule has 2 heterocycles. The zero-order chi connectivity index (χ0) is 18.0. The summed E-state index contributed by atoms with van der Waals surface area (Å²) >= 11 is 3.35. The maximum Gasteiger partial charge on any atom is 0.273 e. The number of piperazine rings is 1. The molecule has 0 atom stereocenters.